The van der Waals surface area contributed by atoms with E-state index < -0.39 is 0 Å². The van der Waals surface area contributed by atoms with E-state index in [2.05, 4.69) is 15.3 Å². The van der Waals surface area contributed by atoms with Crippen LogP contribution in [0.4, 0.5) is 10.2 Å². The number of benzene rings is 1. The number of thiocarbonyl (C=S) groups is 1. The van der Waals surface area contributed by atoms with Crippen molar-refractivity contribution in [2.45, 2.75) is 25.8 Å². The van der Waals surface area contributed by atoms with Crippen LogP contribution in [0, 0.1) is 12.7 Å². The Morgan fingerprint density at radius 2 is 2.05 bits per heavy atom. The minimum Gasteiger partial charge on any atom is -0.367 e. The Hall–Kier alpha value is -1.88. The molecule has 3 rings (SSSR count). The van der Waals surface area contributed by atoms with Crippen LogP contribution >= 0.6 is 12.2 Å². The van der Waals surface area contributed by atoms with Gasteiger partial charge in [-0.25, -0.2) is 14.4 Å². The molecule has 2 aromatic rings. The molecule has 1 saturated carbocycles. The van der Waals surface area contributed by atoms with Crippen LogP contribution in [0.1, 0.15) is 24.2 Å². The fraction of sp³-hybridized carbons (Fsp3) is 0.267. The van der Waals surface area contributed by atoms with E-state index in [-0.39, 0.29) is 5.82 Å². The minimum atomic E-state index is -0.305. The van der Waals surface area contributed by atoms with Crippen molar-refractivity contribution in [2.24, 2.45) is 0 Å². The van der Waals surface area contributed by atoms with Crippen molar-refractivity contribution < 1.29 is 4.39 Å². The van der Waals surface area contributed by atoms with E-state index in [1.807, 2.05) is 0 Å². The van der Waals surface area contributed by atoms with Crippen molar-refractivity contribution >= 4 is 23.4 Å². The Morgan fingerprint density at radius 1 is 1.30 bits per heavy atom. The summed E-state index contributed by atoms with van der Waals surface area (Å²) in [6.07, 6.45) is 2.27. The molecular weight excluding hydrogens is 273 g/mol. The first-order chi connectivity index (χ1) is 9.69. The van der Waals surface area contributed by atoms with Gasteiger partial charge in [0.2, 0.25) is 0 Å². The molecular formula is C15H14FN3S. The first-order valence-corrected chi connectivity index (χ1v) is 7.01. The molecule has 0 unspecified atom stereocenters. The molecule has 1 heterocycles. The number of aryl methyl sites for hydroxylation is 1. The van der Waals surface area contributed by atoms with Crippen LogP contribution in [0.2, 0.25) is 0 Å². The molecule has 0 radical (unpaired) electrons. The molecule has 0 atom stereocenters. The number of hydrogen-bond acceptors (Lipinski definition) is 4. The van der Waals surface area contributed by atoms with Gasteiger partial charge in [0, 0.05) is 17.0 Å². The van der Waals surface area contributed by atoms with Crippen molar-refractivity contribution in [1.82, 2.24) is 9.97 Å². The molecule has 0 saturated heterocycles. The van der Waals surface area contributed by atoms with Crippen molar-refractivity contribution in [2.75, 3.05) is 5.32 Å². The predicted molar refractivity (Wildman–Crippen MR) is 81.6 cm³/mol. The Kier molecular flexibility index (Phi) is 3.44. The van der Waals surface area contributed by atoms with Gasteiger partial charge in [0.05, 0.1) is 11.3 Å². The normalized spacial score (nSPS) is 14.1. The summed E-state index contributed by atoms with van der Waals surface area (Å²) in [5, 5.41) is 4.85. The second kappa shape index (κ2) is 5.25. The Balaban J connectivity index is 2.16. The third kappa shape index (κ3) is 2.54. The highest BCUT2D eigenvalue weighted by Crippen LogP contribution is 2.30. The van der Waals surface area contributed by atoms with Crippen LogP contribution in [0.3, 0.4) is 0 Å². The van der Waals surface area contributed by atoms with Gasteiger partial charge in [0.15, 0.2) is 0 Å². The molecule has 20 heavy (non-hydrogen) atoms. The van der Waals surface area contributed by atoms with Gasteiger partial charge < -0.3 is 5.32 Å². The van der Waals surface area contributed by atoms with E-state index in [0.717, 1.165) is 12.8 Å². The predicted octanol–water partition coefficient (Wildman–Crippen LogP) is 3.51. The molecule has 1 aromatic carbocycles. The molecule has 5 heteroatoms. The summed E-state index contributed by atoms with van der Waals surface area (Å²) in [5.74, 6) is 1.00. The largest absolute Gasteiger partial charge is 0.367 e. The first-order valence-electron chi connectivity index (χ1n) is 6.54. The van der Waals surface area contributed by atoms with Gasteiger partial charge in [-0.3, -0.25) is 0 Å². The lowest BCUT2D eigenvalue weighted by atomic mass is 10.1. The summed E-state index contributed by atoms with van der Waals surface area (Å²) in [6, 6.07) is 7.03. The average Bonchev–Trinajstić information content (AvgIpc) is 3.23. The monoisotopic (exact) mass is 287 g/mol. The van der Waals surface area contributed by atoms with Crippen LogP contribution in [-0.4, -0.2) is 21.4 Å². The van der Waals surface area contributed by atoms with Gasteiger partial charge in [-0.1, -0.05) is 24.4 Å². The number of anilines is 1. The zero-order valence-corrected chi connectivity index (χ0v) is 11.9. The molecule has 0 spiro atoms. The summed E-state index contributed by atoms with van der Waals surface area (Å²) >= 11 is 5.09. The van der Waals surface area contributed by atoms with Crippen molar-refractivity contribution in [1.29, 1.82) is 0 Å². The van der Waals surface area contributed by atoms with Crippen molar-refractivity contribution in [3.8, 4) is 11.3 Å². The Bertz CT molecular complexity index is 668. The number of hydrogen-bond donors (Lipinski definition) is 1. The van der Waals surface area contributed by atoms with E-state index >= 15 is 0 Å². The van der Waals surface area contributed by atoms with E-state index in [4.69, 9.17) is 12.2 Å². The number of rotatable bonds is 4. The highest BCUT2D eigenvalue weighted by Gasteiger charge is 2.24. The standard InChI is InChI=1S/C15H14FN3S/c1-9-17-14(11-4-2-3-5-13(11)16)12(8-20)15(18-9)19-10-6-7-10/h2-5,8,10H,6-7H2,1H3,(H,17,18,19). The molecule has 1 aliphatic rings. The smallest absolute Gasteiger partial charge is 0.138 e. The van der Waals surface area contributed by atoms with Crippen LogP contribution in [0.15, 0.2) is 24.3 Å². The molecule has 0 aliphatic heterocycles. The molecule has 1 aliphatic carbocycles. The molecule has 102 valence electrons. The fourth-order valence-electron chi connectivity index (χ4n) is 2.08. The van der Waals surface area contributed by atoms with Gasteiger partial charge in [0.1, 0.15) is 17.5 Å². The SMILES string of the molecule is Cc1nc(NC2CC2)c(C=S)c(-c2ccccc2F)n1. The van der Waals surface area contributed by atoms with Crippen molar-refractivity contribution in [3.63, 3.8) is 0 Å². The van der Waals surface area contributed by atoms with Crippen LogP contribution in [0.5, 0.6) is 0 Å². The topological polar surface area (TPSA) is 37.8 Å². The van der Waals surface area contributed by atoms with E-state index in [0.29, 0.717) is 34.5 Å². The second-order valence-corrected chi connectivity index (χ2v) is 5.13. The van der Waals surface area contributed by atoms with E-state index in [9.17, 15) is 4.39 Å². The van der Waals surface area contributed by atoms with Gasteiger partial charge in [-0.15, -0.1) is 0 Å². The van der Waals surface area contributed by atoms with Crippen LogP contribution in [-0.2, 0) is 0 Å². The zero-order valence-electron chi connectivity index (χ0n) is 11.1. The second-order valence-electron chi connectivity index (χ2n) is 4.90. The first kappa shape index (κ1) is 13.1. The van der Waals surface area contributed by atoms with Crippen LogP contribution in [0.25, 0.3) is 11.3 Å². The lowest BCUT2D eigenvalue weighted by molar-refractivity contribution is 0.630. The summed E-state index contributed by atoms with van der Waals surface area (Å²) in [6.45, 7) is 1.80. The maximum atomic E-state index is 14.0. The highest BCUT2D eigenvalue weighted by molar-refractivity contribution is 7.79. The van der Waals surface area contributed by atoms with Gasteiger partial charge in [0.25, 0.3) is 0 Å². The van der Waals surface area contributed by atoms with Crippen LogP contribution < -0.4 is 5.32 Å². The summed E-state index contributed by atoms with van der Waals surface area (Å²) in [4.78, 5) is 8.77. The number of nitrogens with zero attached hydrogens (tertiary/aromatic N) is 2. The molecule has 1 N–H and O–H groups in total. The molecule has 0 bridgehead atoms. The maximum Gasteiger partial charge on any atom is 0.138 e. The lowest BCUT2D eigenvalue weighted by Crippen LogP contribution is -2.10. The number of nitrogens with one attached hydrogen (secondary N) is 1. The summed E-state index contributed by atoms with van der Waals surface area (Å²) < 4.78 is 14.0. The minimum absolute atomic E-state index is 0.305. The average molecular weight is 287 g/mol. The number of aromatic nitrogens is 2. The quantitative estimate of drug-likeness (QED) is 0.873. The summed E-state index contributed by atoms with van der Waals surface area (Å²) in [5.41, 5.74) is 1.68. The van der Waals surface area contributed by atoms with Crippen molar-refractivity contribution in [3.05, 3.63) is 41.5 Å². The van der Waals surface area contributed by atoms with Gasteiger partial charge in [-0.05, 0) is 31.9 Å². The summed E-state index contributed by atoms with van der Waals surface area (Å²) in [7, 11) is 0. The van der Waals surface area contributed by atoms with Gasteiger partial charge in [-0.2, -0.15) is 0 Å². The maximum absolute atomic E-state index is 14.0. The molecule has 1 fully saturated rings. The van der Waals surface area contributed by atoms with E-state index in [1.165, 1.54) is 11.4 Å². The molecule has 1 aromatic heterocycles. The third-order valence-electron chi connectivity index (χ3n) is 3.22. The fourth-order valence-corrected chi connectivity index (χ4v) is 2.31. The van der Waals surface area contributed by atoms with E-state index in [1.54, 1.807) is 25.1 Å². The zero-order chi connectivity index (χ0) is 14.1. The number of halogens is 1. The third-order valence-corrected chi connectivity index (χ3v) is 3.46. The lowest BCUT2D eigenvalue weighted by Gasteiger charge is -2.13. The Morgan fingerprint density at radius 3 is 2.70 bits per heavy atom. The molecule has 0 amide bonds. The highest BCUT2D eigenvalue weighted by atomic mass is 32.1. The van der Waals surface area contributed by atoms with Gasteiger partial charge >= 0.3 is 0 Å². The Labute approximate surface area is 122 Å². The molecule has 3 nitrogen and oxygen atoms in total.